The number of carboxylic acids is 1. The highest BCUT2D eigenvalue weighted by atomic mass is 19.1. The van der Waals surface area contributed by atoms with Crippen molar-refractivity contribution >= 4 is 29.9 Å². The number of carboxylic acid groups (broad SMARTS) is 1. The Balaban J connectivity index is 1.81. The number of hydrogen-bond acceptors (Lipinski definition) is 5. The van der Waals surface area contributed by atoms with Crippen molar-refractivity contribution in [2.24, 2.45) is 9.98 Å². The maximum absolute atomic E-state index is 15.0. The van der Waals surface area contributed by atoms with Crippen LogP contribution in [-0.4, -0.2) is 60.5 Å². The van der Waals surface area contributed by atoms with Gasteiger partial charge in [-0.05, 0) is 50.0 Å². The number of anilines is 2. The normalized spacial score (nSPS) is 16.3. The number of halogens is 2. The maximum atomic E-state index is 15.0. The number of piperidine rings is 1. The fourth-order valence-corrected chi connectivity index (χ4v) is 3.77. The SMILES string of the molecule is C=N/C=C(\N=C(C)N(c1ccccc1)c1ccc(F)cc1)N1CCC(F)(COCC(=O)O)CC1. The van der Waals surface area contributed by atoms with Crippen molar-refractivity contribution in [3.05, 3.63) is 72.4 Å². The summed E-state index contributed by atoms with van der Waals surface area (Å²) in [4.78, 5) is 23.1. The highest BCUT2D eigenvalue weighted by Crippen LogP contribution is 2.30. The second-order valence-corrected chi connectivity index (χ2v) is 8.00. The Hall–Kier alpha value is -3.59. The second kappa shape index (κ2) is 11.5. The van der Waals surface area contributed by atoms with E-state index >= 15 is 4.39 Å². The average Bonchev–Trinajstić information content (AvgIpc) is 2.81. The molecule has 1 heterocycles. The molecule has 1 aliphatic rings. The number of aliphatic carboxylic acids is 1. The number of amidine groups is 1. The molecule has 1 aliphatic heterocycles. The van der Waals surface area contributed by atoms with Crippen LogP contribution < -0.4 is 4.90 Å². The predicted molar refractivity (Wildman–Crippen MR) is 129 cm³/mol. The van der Waals surface area contributed by atoms with E-state index in [2.05, 4.69) is 11.7 Å². The Morgan fingerprint density at radius 2 is 1.79 bits per heavy atom. The molecule has 2 aromatic rings. The standard InChI is InChI=1S/C25H28F2N4O3/c1-19(31(21-6-4-3-5-7-21)22-10-8-20(26)9-11-22)29-23(16-28-2)30-14-12-25(27,13-15-30)18-34-17-24(32)33/h3-11,16H,2,12-15,17-18H2,1H3,(H,32,33)/b23-16+,29-19?. The van der Waals surface area contributed by atoms with Gasteiger partial charge in [0.05, 0.1) is 12.8 Å². The lowest BCUT2D eigenvalue weighted by Gasteiger charge is -2.37. The van der Waals surface area contributed by atoms with Crippen LogP contribution in [-0.2, 0) is 9.53 Å². The van der Waals surface area contributed by atoms with Gasteiger partial charge in [0.25, 0.3) is 0 Å². The van der Waals surface area contributed by atoms with E-state index in [1.165, 1.54) is 18.3 Å². The van der Waals surface area contributed by atoms with Gasteiger partial charge in [0.1, 0.15) is 29.7 Å². The van der Waals surface area contributed by atoms with Crippen LogP contribution in [0.2, 0.25) is 0 Å². The molecule has 0 amide bonds. The first-order valence-electron chi connectivity index (χ1n) is 10.9. The Morgan fingerprint density at radius 1 is 1.18 bits per heavy atom. The molecule has 0 unspecified atom stereocenters. The van der Waals surface area contributed by atoms with Crippen LogP contribution in [0.25, 0.3) is 0 Å². The van der Waals surface area contributed by atoms with E-state index in [9.17, 15) is 9.18 Å². The molecule has 2 aromatic carbocycles. The van der Waals surface area contributed by atoms with Crippen LogP contribution in [0.4, 0.5) is 20.2 Å². The van der Waals surface area contributed by atoms with Crippen molar-refractivity contribution in [3.63, 3.8) is 0 Å². The summed E-state index contributed by atoms with van der Waals surface area (Å²) in [5.41, 5.74) is -0.0169. The molecule has 1 fully saturated rings. The molecule has 1 saturated heterocycles. The molecule has 0 saturated carbocycles. The summed E-state index contributed by atoms with van der Waals surface area (Å²) in [5.74, 6) is -0.339. The van der Waals surface area contributed by atoms with E-state index in [1.54, 1.807) is 12.1 Å². The third-order valence-corrected chi connectivity index (χ3v) is 5.48. The first-order valence-corrected chi connectivity index (χ1v) is 10.9. The van der Waals surface area contributed by atoms with Crippen molar-refractivity contribution in [1.82, 2.24) is 4.90 Å². The molecule has 0 aliphatic carbocycles. The minimum Gasteiger partial charge on any atom is -0.480 e. The lowest BCUT2D eigenvalue weighted by atomic mass is 9.94. The Bertz CT molecular complexity index is 1030. The van der Waals surface area contributed by atoms with Crippen LogP contribution >= 0.6 is 0 Å². The summed E-state index contributed by atoms with van der Waals surface area (Å²) >= 11 is 0. The number of benzene rings is 2. The van der Waals surface area contributed by atoms with Crippen LogP contribution in [0, 0.1) is 5.82 Å². The van der Waals surface area contributed by atoms with Gasteiger partial charge in [-0.3, -0.25) is 9.89 Å². The van der Waals surface area contributed by atoms with Crippen molar-refractivity contribution in [2.75, 3.05) is 31.2 Å². The number of nitrogens with zero attached hydrogens (tertiary/aromatic N) is 4. The third-order valence-electron chi connectivity index (χ3n) is 5.48. The van der Waals surface area contributed by atoms with Crippen LogP contribution in [0.5, 0.6) is 0 Å². The van der Waals surface area contributed by atoms with Gasteiger partial charge < -0.3 is 14.7 Å². The largest absolute Gasteiger partial charge is 0.480 e. The van der Waals surface area contributed by atoms with Gasteiger partial charge >= 0.3 is 5.97 Å². The molecule has 180 valence electrons. The topological polar surface area (TPSA) is 77.7 Å². The van der Waals surface area contributed by atoms with Gasteiger partial charge in [0, 0.05) is 37.3 Å². The van der Waals surface area contributed by atoms with Crippen molar-refractivity contribution in [3.8, 4) is 0 Å². The number of hydrogen-bond donors (Lipinski definition) is 1. The second-order valence-electron chi connectivity index (χ2n) is 8.00. The molecule has 0 atom stereocenters. The highest BCUT2D eigenvalue weighted by molar-refractivity contribution is 6.03. The Labute approximate surface area is 197 Å². The van der Waals surface area contributed by atoms with Gasteiger partial charge in [0.15, 0.2) is 0 Å². The number of rotatable bonds is 9. The number of para-hydroxylation sites is 1. The van der Waals surface area contributed by atoms with Gasteiger partial charge in [-0.25, -0.2) is 18.6 Å². The summed E-state index contributed by atoms with van der Waals surface area (Å²) < 4.78 is 33.6. The monoisotopic (exact) mass is 470 g/mol. The zero-order chi connectivity index (χ0) is 24.6. The molecule has 3 rings (SSSR count). The lowest BCUT2D eigenvalue weighted by molar-refractivity contribution is -0.144. The number of ether oxygens (including phenoxy) is 1. The molecular formula is C25H28F2N4O3. The summed E-state index contributed by atoms with van der Waals surface area (Å²) in [6.45, 7) is 5.28. The van der Waals surface area contributed by atoms with E-state index in [1.807, 2.05) is 47.1 Å². The van der Waals surface area contributed by atoms with Gasteiger partial charge in [-0.15, -0.1) is 0 Å². The highest BCUT2D eigenvalue weighted by Gasteiger charge is 2.35. The van der Waals surface area contributed by atoms with Gasteiger partial charge in [-0.2, -0.15) is 0 Å². The maximum Gasteiger partial charge on any atom is 0.329 e. The Kier molecular flexibility index (Phi) is 8.48. The summed E-state index contributed by atoms with van der Waals surface area (Å²) in [6.07, 6.45) is 1.84. The minimum atomic E-state index is -1.60. The molecule has 7 nitrogen and oxygen atoms in total. The van der Waals surface area contributed by atoms with Crippen LogP contribution in [0.15, 0.2) is 76.6 Å². The van der Waals surface area contributed by atoms with Crippen molar-refractivity contribution < 1.29 is 23.4 Å². The molecule has 34 heavy (non-hydrogen) atoms. The Morgan fingerprint density at radius 3 is 2.38 bits per heavy atom. The van der Waals surface area contributed by atoms with Crippen molar-refractivity contribution in [2.45, 2.75) is 25.4 Å². The molecular weight excluding hydrogens is 442 g/mol. The smallest absolute Gasteiger partial charge is 0.329 e. The van der Waals surface area contributed by atoms with E-state index in [0.29, 0.717) is 24.7 Å². The fraction of sp³-hybridized carbons (Fsp3) is 0.320. The van der Waals surface area contributed by atoms with E-state index in [4.69, 9.17) is 14.8 Å². The molecule has 0 radical (unpaired) electrons. The number of carbonyl (C=O) groups is 1. The van der Waals surface area contributed by atoms with Crippen LogP contribution in [0.1, 0.15) is 19.8 Å². The predicted octanol–water partition coefficient (Wildman–Crippen LogP) is 4.79. The molecule has 9 heteroatoms. The van der Waals surface area contributed by atoms with E-state index in [0.717, 1.165) is 11.4 Å². The first-order chi connectivity index (χ1) is 16.3. The summed E-state index contributed by atoms with van der Waals surface area (Å²) in [5, 5.41) is 8.69. The lowest BCUT2D eigenvalue weighted by Crippen LogP contribution is -2.44. The zero-order valence-electron chi connectivity index (χ0n) is 19.0. The molecule has 0 spiro atoms. The quantitative estimate of drug-likeness (QED) is 0.421. The van der Waals surface area contributed by atoms with Crippen molar-refractivity contribution in [1.29, 1.82) is 0 Å². The molecule has 1 N–H and O–H groups in total. The zero-order valence-corrected chi connectivity index (χ0v) is 19.0. The summed E-state index contributed by atoms with van der Waals surface area (Å²) in [7, 11) is 0. The molecule has 0 bridgehead atoms. The number of likely N-dealkylation sites (tertiary alicyclic amines) is 1. The number of alkyl halides is 1. The fourth-order valence-electron chi connectivity index (χ4n) is 3.77. The minimum absolute atomic E-state index is 0.163. The van der Waals surface area contributed by atoms with E-state index < -0.39 is 18.2 Å². The van der Waals surface area contributed by atoms with E-state index in [-0.39, 0.29) is 25.3 Å². The average molecular weight is 471 g/mol. The number of aliphatic imine (C=N–C) groups is 2. The van der Waals surface area contributed by atoms with Gasteiger partial charge in [0.2, 0.25) is 0 Å². The first kappa shape index (κ1) is 25.0. The van der Waals surface area contributed by atoms with Crippen LogP contribution in [0.3, 0.4) is 0 Å². The third kappa shape index (κ3) is 6.71. The summed E-state index contributed by atoms with van der Waals surface area (Å²) in [6, 6.07) is 15.7. The molecule has 0 aromatic heterocycles. The van der Waals surface area contributed by atoms with Gasteiger partial charge in [-0.1, -0.05) is 18.2 Å².